The summed E-state index contributed by atoms with van der Waals surface area (Å²) in [6, 6.07) is 0.111. The zero-order valence-electron chi connectivity index (χ0n) is 14.7. The third kappa shape index (κ3) is 5.09. The lowest BCUT2D eigenvalue weighted by Crippen LogP contribution is -2.56. The summed E-state index contributed by atoms with van der Waals surface area (Å²) in [5.74, 6) is -0.712. The third-order valence-electron chi connectivity index (χ3n) is 4.63. The molecule has 6 heteroatoms. The van der Waals surface area contributed by atoms with E-state index in [0.717, 1.165) is 19.5 Å². The number of carboxylic acid groups (broad SMARTS) is 1. The van der Waals surface area contributed by atoms with E-state index in [4.69, 9.17) is 4.74 Å². The molecule has 2 rings (SSSR count). The summed E-state index contributed by atoms with van der Waals surface area (Å²) < 4.78 is 5.44. The maximum Gasteiger partial charge on any atom is 0.410 e. The predicted octanol–water partition coefficient (Wildman–Crippen LogP) is 2.43. The molecule has 0 aromatic carbocycles. The molecule has 2 saturated heterocycles. The summed E-state index contributed by atoms with van der Waals surface area (Å²) >= 11 is 0. The largest absolute Gasteiger partial charge is 0.481 e. The van der Waals surface area contributed by atoms with Gasteiger partial charge in [0, 0.05) is 25.7 Å². The minimum absolute atomic E-state index is 0.111. The second kappa shape index (κ2) is 7.07. The molecule has 0 spiro atoms. The van der Waals surface area contributed by atoms with Crippen molar-refractivity contribution in [2.45, 2.75) is 58.6 Å². The molecule has 0 bridgehead atoms. The number of likely N-dealkylation sites (tertiary alicyclic amines) is 2. The number of piperidine rings is 2. The van der Waals surface area contributed by atoms with Crippen LogP contribution in [0.15, 0.2) is 0 Å². The minimum atomic E-state index is -0.826. The Morgan fingerprint density at radius 1 is 1.17 bits per heavy atom. The SMILES string of the molecule is C[C@@H]1CCCN([C@@H]2C[C@H](C(=O)O)CN(C(=O)OC(C)(C)C)C2)C1. The first kappa shape index (κ1) is 18.0. The van der Waals surface area contributed by atoms with E-state index in [9.17, 15) is 14.7 Å². The van der Waals surface area contributed by atoms with Crippen LogP contribution in [0.5, 0.6) is 0 Å². The van der Waals surface area contributed by atoms with Crippen LogP contribution in [0.4, 0.5) is 4.79 Å². The van der Waals surface area contributed by atoms with Gasteiger partial charge in [-0.25, -0.2) is 4.79 Å². The molecule has 0 radical (unpaired) electrons. The second-order valence-corrected chi connectivity index (χ2v) is 8.05. The lowest BCUT2D eigenvalue weighted by molar-refractivity contribution is -0.144. The van der Waals surface area contributed by atoms with Gasteiger partial charge in [-0.15, -0.1) is 0 Å². The van der Waals surface area contributed by atoms with E-state index in [2.05, 4.69) is 11.8 Å². The molecule has 0 saturated carbocycles. The quantitative estimate of drug-likeness (QED) is 0.844. The molecule has 2 aliphatic heterocycles. The Morgan fingerprint density at radius 2 is 1.87 bits per heavy atom. The van der Waals surface area contributed by atoms with Crippen molar-refractivity contribution < 1.29 is 19.4 Å². The highest BCUT2D eigenvalue weighted by molar-refractivity contribution is 5.73. The van der Waals surface area contributed by atoms with Crippen LogP contribution in [-0.4, -0.2) is 64.8 Å². The fraction of sp³-hybridized carbons (Fsp3) is 0.882. The number of carbonyl (C=O) groups is 2. The Morgan fingerprint density at radius 3 is 2.43 bits per heavy atom. The van der Waals surface area contributed by atoms with Crippen molar-refractivity contribution in [3.05, 3.63) is 0 Å². The maximum atomic E-state index is 12.4. The second-order valence-electron chi connectivity index (χ2n) is 8.05. The topological polar surface area (TPSA) is 70.1 Å². The van der Waals surface area contributed by atoms with E-state index >= 15 is 0 Å². The average molecular weight is 326 g/mol. The van der Waals surface area contributed by atoms with Gasteiger partial charge in [0.1, 0.15) is 5.60 Å². The van der Waals surface area contributed by atoms with Gasteiger partial charge in [0.15, 0.2) is 0 Å². The van der Waals surface area contributed by atoms with Crippen LogP contribution in [0.25, 0.3) is 0 Å². The number of rotatable bonds is 2. The van der Waals surface area contributed by atoms with Crippen LogP contribution in [0.1, 0.15) is 47.0 Å². The Bertz CT molecular complexity index is 446. The number of amides is 1. The molecule has 2 heterocycles. The standard InChI is InChI=1S/C17H30N2O4/c1-12-6-5-7-18(9-12)14-8-13(15(20)21)10-19(11-14)16(22)23-17(2,3)4/h12-14H,5-11H2,1-4H3,(H,20,21)/t12-,13+,14-/m1/s1. The van der Waals surface area contributed by atoms with Gasteiger partial charge in [-0.1, -0.05) is 6.92 Å². The zero-order valence-corrected chi connectivity index (χ0v) is 14.7. The van der Waals surface area contributed by atoms with Gasteiger partial charge < -0.3 is 14.7 Å². The Hall–Kier alpha value is -1.30. The molecule has 0 aromatic rings. The van der Waals surface area contributed by atoms with Crippen LogP contribution in [-0.2, 0) is 9.53 Å². The number of nitrogens with zero attached hydrogens (tertiary/aromatic N) is 2. The van der Waals surface area contributed by atoms with E-state index in [1.807, 2.05) is 20.8 Å². The minimum Gasteiger partial charge on any atom is -0.481 e. The maximum absolute atomic E-state index is 12.4. The van der Waals surface area contributed by atoms with Crippen molar-refractivity contribution in [2.75, 3.05) is 26.2 Å². The van der Waals surface area contributed by atoms with Crippen molar-refractivity contribution in [2.24, 2.45) is 11.8 Å². The van der Waals surface area contributed by atoms with Gasteiger partial charge in [-0.05, 0) is 52.5 Å². The van der Waals surface area contributed by atoms with Crippen LogP contribution in [0, 0.1) is 11.8 Å². The smallest absolute Gasteiger partial charge is 0.410 e. The number of carbonyl (C=O) groups excluding carboxylic acids is 1. The van der Waals surface area contributed by atoms with Gasteiger partial charge in [-0.2, -0.15) is 0 Å². The van der Waals surface area contributed by atoms with Crippen molar-refractivity contribution in [3.63, 3.8) is 0 Å². The fourth-order valence-corrected chi connectivity index (χ4v) is 3.55. The highest BCUT2D eigenvalue weighted by Gasteiger charge is 2.38. The van der Waals surface area contributed by atoms with Crippen molar-refractivity contribution in [1.82, 2.24) is 9.80 Å². The van der Waals surface area contributed by atoms with Crippen molar-refractivity contribution >= 4 is 12.1 Å². The highest BCUT2D eigenvalue weighted by Crippen LogP contribution is 2.27. The molecule has 6 nitrogen and oxygen atoms in total. The Kier molecular flexibility index (Phi) is 5.55. The monoisotopic (exact) mass is 326 g/mol. The Balaban J connectivity index is 2.07. The molecule has 2 aliphatic rings. The summed E-state index contributed by atoms with van der Waals surface area (Å²) in [6.45, 7) is 10.5. The average Bonchev–Trinajstić information content (AvgIpc) is 2.45. The van der Waals surface area contributed by atoms with E-state index < -0.39 is 23.6 Å². The van der Waals surface area contributed by atoms with Crippen LogP contribution in [0.2, 0.25) is 0 Å². The summed E-state index contributed by atoms with van der Waals surface area (Å²) in [6.07, 6.45) is 2.57. The summed E-state index contributed by atoms with van der Waals surface area (Å²) in [7, 11) is 0. The molecule has 1 N–H and O–H groups in total. The molecule has 0 aliphatic carbocycles. The Labute approximate surface area is 138 Å². The van der Waals surface area contributed by atoms with Crippen molar-refractivity contribution in [3.8, 4) is 0 Å². The number of aliphatic carboxylic acids is 1. The van der Waals surface area contributed by atoms with E-state index in [-0.39, 0.29) is 12.6 Å². The molecule has 3 atom stereocenters. The number of hydrogen-bond donors (Lipinski definition) is 1. The number of carboxylic acids is 1. The molecule has 0 unspecified atom stereocenters. The third-order valence-corrected chi connectivity index (χ3v) is 4.63. The first-order chi connectivity index (χ1) is 10.7. The van der Waals surface area contributed by atoms with Crippen LogP contribution < -0.4 is 0 Å². The van der Waals surface area contributed by atoms with Gasteiger partial charge in [0.05, 0.1) is 5.92 Å². The van der Waals surface area contributed by atoms with Crippen LogP contribution in [0.3, 0.4) is 0 Å². The summed E-state index contributed by atoms with van der Waals surface area (Å²) in [5, 5.41) is 9.44. The molecule has 132 valence electrons. The molecular weight excluding hydrogens is 296 g/mol. The van der Waals surface area contributed by atoms with E-state index in [1.165, 1.54) is 6.42 Å². The fourth-order valence-electron chi connectivity index (χ4n) is 3.55. The van der Waals surface area contributed by atoms with E-state index in [0.29, 0.717) is 18.9 Å². The normalized spacial score (nSPS) is 30.1. The number of hydrogen-bond acceptors (Lipinski definition) is 4. The van der Waals surface area contributed by atoms with Crippen molar-refractivity contribution in [1.29, 1.82) is 0 Å². The van der Waals surface area contributed by atoms with Gasteiger partial charge in [-0.3, -0.25) is 9.69 Å². The summed E-state index contributed by atoms with van der Waals surface area (Å²) in [5.41, 5.74) is -0.567. The zero-order chi connectivity index (χ0) is 17.2. The molecule has 23 heavy (non-hydrogen) atoms. The summed E-state index contributed by atoms with van der Waals surface area (Å²) in [4.78, 5) is 27.8. The number of ether oxygens (including phenoxy) is 1. The lowest BCUT2D eigenvalue weighted by atomic mass is 9.90. The molecule has 1 amide bonds. The predicted molar refractivity (Wildman–Crippen MR) is 87.3 cm³/mol. The lowest BCUT2D eigenvalue weighted by Gasteiger charge is -2.44. The first-order valence-corrected chi connectivity index (χ1v) is 8.60. The van der Waals surface area contributed by atoms with Crippen LogP contribution >= 0.6 is 0 Å². The molecule has 0 aromatic heterocycles. The highest BCUT2D eigenvalue weighted by atomic mass is 16.6. The molecular formula is C17H30N2O4. The van der Waals surface area contributed by atoms with E-state index in [1.54, 1.807) is 4.90 Å². The van der Waals surface area contributed by atoms with Gasteiger partial charge >= 0.3 is 12.1 Å². The van der Waals surface area contributed by atoms with Gasteiger partial charge in [0.2, 0.25) is 0 Å². The van der Waals surface area contributed by atoms with Gasteiger partial charge in [0.25, 0.3) is 0 Å². The first-order valence-electron chi connectivity index (χ1n) is 8.60. The molecule has 2 fully saturated rings.